The van der Waals surface area contributed by atoms with E-state index in [1.807, 2.05) is 16.8 Å². The fourth-order valence-corrected chi connectivity index (χ4v) is 4.58. The largest absolute Gasteiger partial charge is 0.304 e. The number of nitrogens with zero attached hydrogens (tertiary/aromatic N) is 1. The smallest absolute Gasteiger partial charge is 0.0798 e. The average Bonchev–Trinajstić information content (AvgIpc) is 3.13. The van der Waals surface area contributed by atoms with Crippen molar-refractivity contribution in [2.45, 2.75) is 45.2 Å². The lowest BCUT2D eigenvalue weighted by molar-refractivity contribution is 0.371. The third-order valence-corrected chi connectivity index (χ3v) is 5.94. The first-order valence-corrected chi connectivity index (χ1v) is 8.76. The molecule has 4 heteroatoms. The first kappa shape index (κ1) is 13.3. The zero-order chi connectivity index (χ0) is 13.1. The Morgan fingerprint density at radius 2 is 2.21 bits per heavy atom. The minimum atomic E-state index is 0.531. The molecule has 0 aliphatic heterocycles. The molecule has 0 bridgehead atoms. The molecule has 1 aliphatic carbocycles. The predicted octanol–water partition coefficient (Wildman–Crippen LogP) is 4.53. The van der Waals surface area contributed by atoms with Gasteiger partial charge in [-0.3, -0.25) is 0 Å². The molecule has 1 unspecified atom stereocenters. The molecule has 1 fully saturated rings. The van der Waals surface area contributed by atoms with Gasteiger partial charge in [0.2, 0.25) is 0 Å². The van der Waals surface area contributed by atoms with E-state index in [0.717, 1.165) is 12.5 Å². The fraction of sp³-hybridized carbons (Fsp3) is 0.533. The summed E-state index contributed by atoms with van der Waals surface area (Å²) >= 11 is 3.65. The van der Waals surface area contributed by atoms with E-state index in [2.05, 4.69) is 34.7 Å². The van der Waals surface area contributed by atoms with E-state index < -0.39 is 0 Å². The summed E-state index contributed by atoms with van der Waals surface area (Å²) in [5, 5.41) is 5.98. The molecule has 3 rings (SSSR count). The van der Waals surface area contributed by atoms with E-state index >= 15 is 0 Å². The van der Waals surface area contributed by atoms with E-state index in [0.29, 0.717) is 6.04 Å². The van der Waals surface area contributed by atoms with Crippen LogP contribution in [-0.2, 0) is 6.54 Å². The van der Waals surface area contributed by atoms with Crippen LogP contribution in [0.5, 0.6) is 0 Å². The van der Waals surface area contributed by atoms with Crippen LogP contribution in [0.3, 0.4) is 0 Å². The average molecular weight is 292 g/mol. The first-order chi connectivity index (χ1) is 9.34. The maximum Gasteiger partial charge on any atom is 0.0798 e. The van der Waals surface area contributed by atoms with E-state index in [1.165, 1.54) is 41.1 Å². The minimum Gasteiger partial charge on any atom is -0.304 e. The number of rotatable bonds is 5. The molecule has 0 saturated heterocycles. The highest BCUT2D eigenvalue weighted by atomic mass is 32.1. The zero-order valence-electron chi connectivity index (χ0n) is 11.3. The van der Waals surface area contributed by atoms with Gasteiger partial charge in [-0.05, 0) is 37.1 Å². The quantitative estimate of drug-likeness (QED) is 0.875. The number of thiophene rings is 1. The number of aryl methyl sites for hydroxylation is 1. The van der Waals surface area contributed by atoms with Crippen molar-refractivity contribution < 1.29 is 0 Å². The molecule has 2 nitrogen and oxygen atoms in total. The standard InChI is InChI=1S/C15H20N2S2/c1-11-14(19-10-17-11)9-16-15(12-5-2-3-6-12)13-7-4-8-18-13/h4,7-8,10,12,15-16H,2-3,5-6,9H2,1H3. The summed E-state index contributed by atoms with van der Waals surface area (Å²) in [5.41, 5.74) is 3.12. The Balaban J connectivity index is 1.71. The van der Waals surface area contributed by atoms with Crippen LogP contribution in [0.2, 0.25) is 0 Å². The van der Waals surface area contributed by atoms with Crippen LogP contribution in [0.1, 0.15) is 47.2 Å². The summed E-state index contributed by atoms with van der Waals surface area (Å²) in [6.07, 6.45) is 5.54. The van der Waals surface area contributed by atoms with Gasteiger partial charge in [-0.25, -0.2) is 4.98 Å². The van der Waals surface area contributed by atoms with Crippen molar-refractivity contribution in [3.05, 3.63) is 38.5 Å². The number of nitrogens with one attached hydrogen (secondary N) is 1. The maximum absolute atomic E-state index is 4.34. The SMILES string of the molecule is Cc1ncsc1CNC(c1cccs1)C1CCCC1. The molecular formula is C15H20N2S2. The van der Waals surface area contributed by atoms with Crippen molar-refractivity contribution in [1.29, 1.82) is 0 Å². The van der Waals surface area contributed by atoms with Gasteiger partial charge < -0.3 is 5.32 Å². The number of thiazole rings is 1. The Hall–Kier alpha value is -0.710. The van der Waals surface area contributed by atoms with Crippen LogP contribution in [0.4, 0.5) is 0 Å². The number of hydrogen-bond donors (Lipinski definition) is 1. The normalized spacial score (nSPS) is 17.9. The van der Waals surface area contributed by atoms with Crippen LogP contribution < -0.4 is 5.32 Å². The molecular weight excluding hydrogens is 272 g/mol. The molecule has 1 saturated carbocycles. The summed E-state index contributed by atoms with van der Waals surface area (Å²) in [6.45, 7) is 3.05. The Bertz CT molecular complexity index is 498. The van der Waals surface area contributed by atoms with Gasteiger partial charge in [0.05, 0.1) is 11.2 Å². The summed E-state index contributed by atoms with van der Waals surface area (Å²) in [4.78, 5) is 7.21. The van der Waals surface area contributed by atoms with Gasteiger partial charge in [0.1, 0.15) is 0 Å². The van der Waals surface area contributed by atoms with Gasteiger partial charge in [0, 0.05) is 22.3 Å². The van der Waals surface area contributed by atoms with Crippen LogP contribution >= 0.6 is 22.7 Å². The number of hydrogen-bond acceptors (Lipinski definition) is 4. The molecule has 2 aromatic heterocycles. The number of aromatic nitrogens is 1. The second-order valence-corrected chi connectivity index (χ2v) is 7.20. The summed E-state index contributed by atoms with van der Waals surface area (Å²) in [5.74, 6) is 0.812. The van der Waals surface area contributed by atoms with E-state index in [4.69, 9.17) is 0 Å². The second kappa shape index (κ2) is 6.16. The van der Waals surface area contributed by atoms with Crippen molar-refractivity contribution in [3.8, 4) is 0 Å². The van der Waals surface area contributed by atoms with Crippen molar-refractivity contribution in [2.75, 3.05) is 0 Å². The topological polar surface area (TPSA) is 24.9 Å². The molecule has 2 heterocycles. The van der Waals surface area contributed by atoms with Crippen LogP contribution in [0, 0.1) is 12.8 Å². The molecule has 0 aromatic carbocycles. The maximum atomic E-state index is 4.34. The molecule has 1 atom stereocenters. The van der Waals surface area contributed by atoms with Crippen LogP contribution in [0.25, 0.3) is 0 Å². The lowest BCUT2D eigenvalue weighted by Crippen LogP contribution is -2.26. The molecule has 0 radical (unpaired) electrons. The lowest BCUT2D eigenvalue weighted by Gasteiger charge is -2.23. The second-order valence-electron chi connectivity index (χ2n) is 5.28. The zero-order valence-corrected chi connectivity index (χ0v) is 12.9. The molecule has 1 aliphatic rings. The Kier molecular flexibility index (Phi) is 4.31. The van der Waals surface area contributed by atoms with Gasteiger partial charge in [-0.15, -0.1) is 22.7 Å². The molecule has 0 spiro atoms. The van der Waals surface area contributed by atoms with E-state index in [1.54, 1.807) is 11.3 Å². The van der Waals surface area contributed by atoms with Gasteiger partial charge in [0.15, 0.2) is 0 Å². The highest BCUT2D eigenvalue weighted by Crippen LogP contribution is 2.37. The van der Waals surface area contributed by atoms with Crippen molar-refractivity contribution >= 4 is 22.7 Å². The van der Waals surface area contributed by atoms with Crippen LogP contribution in [0.15, 0.2) is 23.0 Å². The highest BCUT2D eigenvalue weighted by Gasteiger charge is 2.26. The molecule has 19 heavy (non-hydrogen) atoms. The molecule has 0 amide bonds. The highest BCUT2D eigenvalue weighted by molar-refractivity contribution is 7.10. The predicted molar refractivity (Wildman–Crippen MR) is 82.7 cm³/mol. The Labute approximate surface area is 122 Å². The molecule has 102 valence electrons. The minimum absolute atomic E-state index is 0.531. The van der Waals surface area contributed by atoms with Crippen molar-refractivity contribution in [3.63, 3.8) is 0 Å². The molecule has 1 N–H and O–H groups in total. The van der Waals surface area contributed by atoms with Gasteiger partial charge >= 0.3 is 0 Å². The third kappa shape index (κ3) is 3.07. The van der Waals surface area contributed by atoms with E-state index in [9.17, 15) is 0 Å². The van der Waals surface area contributed by atoms with Crippen molar-refractivity contribution in [2.24, 2.45) is 5.92 Å². The van der Waals surface area contributed by atoms with Crippen molar-refractivity contribution in [1.82, 2.24) is 10.3 Å². The fourth-order valence-electron chi connectivity index (χ4n) is 2.96. The Morgan fingerprint density at radius 3 is 2.84 bits per heavy atom. The monoisotopic (exact) mass is 292 g/mol. The summed E-state index contributed by atoms with van der Waals surface area (Å²) < 4.78 is 0. The summed E-state index contributed by atoms with van der Waals surface area (Å²) in [6, 6.07) is 4.98. The van der Waals surface area contributed by atoms with E-state index in [-0.39, 0.29) is 0 Å². The van der Waals surface area contributed by atoms with Gasteiger partial charge in [0.25, 0.3) is 0 Å². The lowest BCUT2D eigenvalue weighted by atomic mass is 9.96. The Morgan fingerprint density at radius 1 is 1.37 bits per heavy atom. The molecule has 2 aromatic rings. The summed E-state index contributed by atoms with van der Waals surface area (Å²) in [7, 11) is 0. The third-order valence-electron chi connectivity index (χ3n) is 4.05. The van der Waals surface area contributed by atoms with Gasteiger partial charge in [-0.2, -0.15) is 0 Å². The van der Waals surface area contributed by atoms with Gasteiger partial charge in [-0.1, -0.05) is 18.9 Å². The first-order valence-electron chi connectivity index (χ1n) is 7.00. The van der Waals surface area contributed by atoms with Crippen LogP contribution in [-0.4, -0.2) is 4.98 Å².